The zero-order valence-corrected chi connectivity index (χ0v) is 19.6. The summed E-state index contributed by atoms with van der Waals surface area (Å²) in [4.78, 5) is 28.4. The predicted octanol–water partition coefficient (Wildman–Crippen LogP) is 2.11. The van der Waals surface area contributed by atoms with E-state index in [2.05, 4.69) is 43.8 Å². The van der Waals surface area contributed by atoms with Crippen LogP contribution in [0.5, 0.6) is 0 Å². The van der Waals surface area contributed by atoms with E-state index in [1.54, 1.807) is 12.3 Å². The number of anilines is 3. The van der Waals surface area contributed by atoms with Crippen LogP contribution in [0.2, 0.25) is 0 Å². The number of carbonyl (C=O) groups is 1. The average Bonchev–Trinajstić information content (AvgIpc) is 3.61. The molecule has 0 atom stereocenters. The van der Waals surface area contributed by atoms with Crippen molar-refractivity contribution in [3.8, 4) is 0 Å². The fraction of sp³-hybridized carbons (Fsp3) is 0.609. The largest absolute Gasteiger partial charge is 0.467 e. The lowest BCUT2D eigenvalue weighted by Gasteiger charge is -2.22. The molecule has 180 valence electrons. The quantitative estimate of drug-likeness (QED) is 0.473. The molecule has 2 aliphatic rings. The van der Waals surface area contributed by atoms with E-state index in [0.29, 0.717) is 13.1 Å². The number of hydrogen-bond donors (Lipinski definition) is 3. The molecule has 2 aromatic heterocycles. The molecule has 0 spiro atoms. The van der Waals surface area contributed by atoms with Gasteiger partial charge in [0.05, 0.1) is 12.8 Å². The minimum Gasteiger partial charge on any atom is -0.467 e. The van der Waals surface area contributed by atoms with Crippen LogP contribution in [0.25, 0.3) is 0 Å². The van der Waals surface area contributed by atoms with Crippen LogP contribution < -0.4 is 25.8 Å². The molecular formula is C23H36N8O2. The van der Waals surface area contributed by atoms with E-state index >= 15 is 0 Å². The summed E-state index contributed by atoms with van der Waals surface area (Å²) in [6.45, 7) is 7.55. The zero-order chi connectivity index (χ0) is 22.9. The normalized spacial score (nSPS) is 15.9. The number of nitrogens with one attached hydrogen (secondary N) is 3. The van der Waals surface area contributed by atoms with Gasteiger partial charge in [0.1, 0.15) is 17.4 Å². The fourth-order valence-electron chi connectivity index (χ4n) is 4.17. The van der Waals surface area contributed by atoms with Gasteiger partial charge < -0.3 is 35.1 Å². The van der Waals surface area contributed by atoms with Crippen LogP contribution in [0.15, 0.2) is 28.9 Å². The van der Waals surface area contributed by atoms with Crippen LogP contribution in [0.1, 0.15) is 31.4 Å². The van der Waals surface area contributed by atoms with E-state index in [0.717, 1.165) is 69.2 Å². The summed E-state index contributed by atoms with van der Waals surface area (Å²) < 4.78 is 5.21. The Morgan fingerprint density at radius 2 is 1.76 bits per heavy atom. The summed E-state index contributed by atoms with van der Waals surface area (Å²) >= 11 is 0. The van der Waals surface area contributed by atoms with Gasteiger partial charge in [-0.15, -0.1) is 0 Å². The maximum Gasteiger partial charge on any atom is 0.315 e. The molecule has 0 radical (unpaired) electrons. The summed E-state index contributed by atoms with van der Waals surface area (Å²) in [6.07, 6.45) is 6.47. The second-order valence-corrected chi connectivity index (χ2v) is 8.72. The van der Waals surface area contributed by atoms with Crippen molar-refractivity contribution < 1.29 is 9.21 Å². The lowest BCUT2D eigenvalue weighted by Crippen LogP contribution is -2.40. The highest BCUT2D eigenvalue weighted by Crippen LogP contribution is 2.25. The molecule has 0 bridgehead atoms. The Hall–Kier alpha value is -3.01. The van der Waals surface area contributed by atoms with Crippen LogP contribution in [0.4, 0.5) is 22.4 Å². The molecule has 2 fully saturated rings. The summed E-state index contributed by atoms with van der Waals surface area (Å²) in [7, 11) is 2.05. The van der Waals surface area contributed by atoms with Crippen molar-refractivity contribution in [3.63, 3.8) is 0 Å². The number of urea groups is 1. The maximum atomic E-state index is 11.9. The van der Waals surface area contributed by atoms with Crippen molar-refractivity contribution in [1.82, 2.24) is 25.5 Å². The highest BCUT2D eigenvalue weighted by Gasteiger charge is 2.20. The Balaban J connectivity index is 1.20. The van der Waals surface area contributed by atoms with Crippen molar-refractivity contribution >= 4 is 23.6 Å². The van der Waals surface area contributed by atoms with E-state index in [1.807, 2.05) is 6.07 Å². The molecule has 0 aliphatic carbocycles. The Bertz CT molecular complexity index is 829. The number of nitrogens with zero attached hydrogens (tertiary/aromatic N) is 5. The van der Waals surface area contributed by atoms with Crippen molar-refractivity contribution in [2.24, 2.45) is 0 Å². The summed E-state index contributed by atoms with van der Waals surface area (Å²) in [5.41, 5.74) is 0. The van der Waals surface area contributed by atoms with Crippen LogP contribution in [-0.2, 0) is 6.54 Å². The molecule has 3 N–H and O–H groups in total. The predicted molar refractivity (Wildman–Crippen MR) is 130 cm³/mol. The second kappa shape index (κ2) is 11.7. The minimum atomic E-state index is -0.192. The van der Waals surface area contributed by atoms with Crippen LogP contribution in [0, 0.1) is 0 Å². The molecule has 2 amide bonds. The SMILES string of the molecule is CN(CCNC(=O)NCc1ccco1)CCNc1cc(N2CCCC2)nc(N2CCCC2)n1. The molecule has 4 rings (SSSR count). The third-order valence-electron chi connectivity index (χ3n) is 6.10. The fourth-order valence-corrected chi connectivity index (χ4v) is 4.17. The van der Waals surface area contributed by atoms with E-state index in [1.165, 1.54) is 25.7 Å². The van der Waals surface area contributed by atoms with Crippen LogP contribution in [0.3, 0.4) is 0 Å². The van der Waals surface area contributed by atoms with Gasteiger partial charge in [-0.25, -0.2) is 4.79 Å². The smallest absolute Gasteiger partial charge is 0.315 e. The van der Waals surface area contributed by atoms with Gasteiger partial charge in [-0.1, -0.05) is 0 Å². The number of furan rings is 1. The molecule has 0 aromatic carbocycles. The number of carbonyl (C=O) groups excluding carboxylic acids is 1. The topological polar surface area (TPSA) is 102 Å². The molecular weight excluding hydrogens is 420 g/mol. The minimum absolute atomic E-state index is 0.192. The van der Waals surface area contributed by atoms with E-state index in [-0.39, 0.29) is 6.03 Å². The molecule has 2 aliphatic heterocycles. The number of aromatic nitrogens is 2. The Morgan fingerprint density at radius 3 is 2.48 bits per heavy atom. The van der Waals surface area contributed by atoms with E-state index in [4.69, 9.17) is 14.4 Å². The van der Waals surface area contributed by atoms with Crippen molar-refractivity contribution in [2.45, 2.75) is 32.2 Å². The van der Waals surface area contributed by atoms with Gasteiger partial charge in [0.2, 0.25) is 5.95 Å². The first-order chi connectivity index (χ1) is 16.2. The van der Waals surface area contributed by atoms with Gasteiger partial charge in [-0.05, 0) is 44.9 Å². The van der Waals surface area contributed by atoms with Gasteiger partial charge >= 0.3 is 6.03 Å². The second-order valence-electron chi connectivity index (χ2n) is 8.72. The zero-order valence-electron chi connectivity index (χ0n) is 19.6. The molecule has 10 nitrogen and oxygen atoms in total. The van der Waals surface area contributed by atoms with E-state index in [9.17, 15) is 4.79 Å². The highest BCUT2D eigenvalue weighted by molar-refractivity contribution is 5.73. The number of rotatable bonds is 11. The summed E-state index contributed by atoms with van der Waals surface area (Å²) in [5.74, 6) is 3.50. The van der Waals surface area contributed by atoms with Crippen LogP contribution in [-0.4, -0.2) is 80.3 Å². The first-order valence-electron chi connectivity index (χ1n) is 12.0. The van der Waals surface area contributed by atoms with E-state index < -0.39 is 0 Å². The van der Waals surface area contributed by atoms with Crippen molar-refractivity contribution in [3.05, 3.63) is 30.2 Å². The van der Waals surface area contributed by atoms with Crippen molar-refractivity contribution in [2.75, 3.05) is 74.5 Å². The number of amides is 2. The maximum absolute atomic E-state index is 11.9. The molecule has 33 heavy (non-hydrogen) atoms. The lowest BCUT2D eigenvalue weighted by atomic mass is 10.4. The van der Waals surface area contributed by atoms with Crippen LogP contribution >= 0.6 is 0 Å². The molecule has 2 aromatic rings. The van der Waals surface area contributed by atoms with Gasteiger partial charge in [-0.2, -0.15) is 9.97 Å². The third kappa shape index (κ3) is 6.98. The standard InChI is InChI=1S/C23H36N8O2/c1-29(15-9-25-23(32)26-18-19-7-6-16-33-19)14-8-24-20-17-21(30-10-2-3-11-30)28-22(27-20)31-12-4-5-13-31/h6-7,16-17H,2-5,8-15,18H2,1H3,(H,24,27,28)(H2,25,26,32). The van der Waals surface area contributed by atoms with Gasteiger partial charge in [0.25, 0.3) is 0 Å². The Morgan fingerprint density at radius 1 is 1.03 bits per heavy atom. The number of likely N-dealkylation sites (N-methyl/N-ethyl adjacent to an activating group) is 1. The molecule has 0 saturated carbocycles. The van der Waals surface area contributed by atoms with Crippen molar-refractivity contribution in [1.29, 1.82) is 0 Å². The van der Waals surface area contributed by atoms with Gasteiger partial charge in [-0.3, -0.25) is 0 Å². The average molecular weight is 457 g/mol. The molecule has 4 heterocycles. The van der Waals surface area contributed by atoms with Gasteiger partial charge in [0.15, 0.2) is 0 Å². The molecule has 10 heteroatoms. The first-order valence-corrected chi connectivity index (χ1v) is 12.0. The molecule has 0 unspecified atom stereocenters. The molecule has 2 saturated heterocycles. The summed E-state index contributed by atoms with van der Waals surface area (Å²) in [5, 5.41) is 9.14. The van der Waals surface area contributed by atoms with Gasteiger partial charge in [0, 0.05) is 58.4 Å². The highest BCUT2D eigenvalue weighted by atomic mass is 16.3. The number of hydrogen-bond acceptors (Lipinski definition) is 8. The third-order valence-corrected chi connectivity index (χ3v) is 6.10. The monoisotopic (exact) mass is 456 g/mol. The Kier molecular flexibility index (Phi) is 8.24. The Labute approximate surface area is 195 Å². The summed E-state index contributed by atoms with van der Waals surface area (Å²) in [6, 6.07) is 5.53. The first kappa shape index (κ1) is 23.2. The lowest BCUT2D eigenvalue weighted by molar-refractivity contribution is 0.237.